The number of nitrogens with one attached hydrogen (secondary N) is 2. The molecule has 0 aliphatic carbocycles. The minimum Gasteiger partial charge on any atom is -0.478 e. The maximum Gasteiger partial charge on any atom is 0.337 e. The molecule has 0 fully saturated rings. The molecule has 0 amide bonds. The van der Waals surface area contributed by atoms with Gasteiger partial charge < -0.3 is 15.8 Å². The molecule has 1 aromatic heterocycles. The summed E-state index contributed by atoms with van der Waals surface area (Å²) in [4.78, 5) is 15.6. The number of anilines is 1. The number of benzene rings is 2. The molecule has 0 bridgehead atoms. The highest BCUT2D eigenvalue weighted by Crippen LogP contribution is 2.26. The zero-order valence-electron chi connectivity index (χ0n) is 12.4. The van der Waals surface area contributed by atoms with Crippen molar-refractivity contribution in [2.45, 2.75) is 6.17 Å². The maximum atomic E-state index is 11.2. The molecular formula is C16H13N5O2S. The van der Waals surface area contributed by atoms with Crippen molar-refractivity contribution in [1.29, 1.82) is 5.41 Å². The predicted molar refractivity (Wildman–Crippen MR) is 93.7 cm³/mol. The van der Waals surface area contributed by atoms with Crippen molar-refractivity contribution in [3.05, 3.63) is 54.1 Å². The van der Waals surface area contributed by atoms with Crippen molar-refractivity contribution in [2.24, 2.45) is 10.2 Å². The van der Waals surface area contributed by atoms with Gasteiger partial charge >= 0.3 is 5.97 Å². The highest BCUT2D eigenvalue weighted by molar-refractivity contribution is 7.22. The van der Waals surface area contributed by atoms with Gasteiger partial charge in [0.1, 0.15) is 0 Å². The summed E-state index contributed by atoms with van der Waals surface area (Å²) in [5, 5.41) is 28.2. The average Bonchev–Trinajstić information content (AvgIpc) is 3.01. The van der Waals surface area contributed by atoms with Crippen LogP contribution in [0.25, 0.3) is 10.2 Å². The predicted octanol–water partition coefficient (Wildman–Crippen LogP) is 4.17. The van der Waals surface area contributed by atoms with Gasteiger partial charge in [-0.05, 0) is 24.3 Å². The Morgan fingerprint density at radius 3 is 2.75 bits per heavy atom. The van der Waals surface area contributed by atoms with E-state index >= 15 is 0 Å². The molecule has 0 saturated heterocycles. The SMILES string of the molecule is N=CC(N=Nc1ccccc1C(=O)O)Nc1nc2ccccc2s1. The minimum absolute atomic E-state index is 0.0602. The van der Waals surface area contributed by atoms with E-state index in [-0.39, 0.29) is 11.3 Å². The van der Waals surface area contributed by atoms with Crippen molar-refractivity contribution < 1.29 is 9.90 Å². The van der Waals surface area contributed by atoms with E-state index in [2.05, 4.69) is 20.5 Å². The molecule has 1 unspecified atom stereocenters. The van der Waals surface area contributed by atoms with E-state index in [1.807, 2.05) is 24.3 Å². The van der Waals surface area contributed by atoms with Crippen LogP contribution in [0.15, 0.2) is 58.8 Å². The molecule has 0 aliphatic rings. The normalized spacial score (nSPS) is 12.3. The third-order valence-electron chi connectivity index (χ3n) is 3.15. The molecule has 0 saturated carbocycles. The smallest absolute Gasteiger partial charge is 0.337 e. The van der Waals surface area contributed by atoms with Crippen LogP contribution in [0.5, 0.6) is 0 Å². The lowest BCUT2D eigenvalue weighted by Crippen LogP contribution is -2.17. The van der Waals surface area contributed by atoms with Crippen molar-refractivity contribution >= 4 is 44.6 Å². The standard InChI is InChI=1S/C16H13N5O2S/c17-9-14(19-16-18-12-7-3-4-8-13(12)24-16)21-20-11-6-2-1-5-10(11)15(22)23/h1-9,14,17H,(H,18,19)(H,22,23). The highest BCUT2D eigenvalue weighted by atomic mass is 32.1. The van der Waals surface area contributed by atoms with Gasteiger partial charge in [-0.2, -0.15) is 10.2 Å². The van der Waals surface area contributed by atoms with Gasteiger partial charge in [-0.15, -0.1) is 0 Å². The first-order chi connectivity index (χ1) is 11.7. The fraction of sp³-hybridized carbons (Fsp3) is 0.0625. The quantitative estimate of drug-likeness (QED) is 0.462. The third-order valence-corrected chi connectivity index (χ3v) is 4.12. The number of aromatic nitrogens is 1. The van der Waals surface area contributed by atoms with Crippen LogP contribution in [-0.4, -0.2) is 28.4 Å². The van der Waals surface area contributed by atoms with Gasteiger partial charge in [0.2, 0.25) is 0 Å². The Morgan fingerprint density at radius 2 is 2.00 bits per heavy atom. The number of carboxylic acids is 1. The monoisotopic (exact) mass is 339 g/mol. The van der Waals surface area contributed by atoms with Crippen LogP contribution in [0.4, 0.5) is 10.8 Å². The largest absolute Gasteiger partial charge is 0.478 e. The van der Waals surface area contributed by atoms with E-state index in [9.17, 15) is 4.79 Å². The first-order valence-electron chi connectivity index (χ1n) is 7.03. The second-order valence-electron chi connectivity index (χ2n) is 4.78. The van der Waals surface area contributed by atoms with E-state index in [1.54, 1.807) is 18.2 Å². The van der Waals surface area contributed by atoms with Crippen molar-refractivity contribution in [3.63, 3.8) is 0 Å². The third kappa shape index (κ3) is 3.44. The number of hydrogen-bond acceptors (Lipinski definition) is 7. The van der Waals surface area contributed by atoms with Gasteiger partial charge in [-0.3, -0.25) is 0 Å². The Balaban J connectivity index is 1.79. The molecule has 3 N–H and O–H groups in total. The lowest BCUT2D eigenvalue weighted by Gasteiger charge is -2.06. The van der Waals surface area contributed by atoms with Crippen LogP contribution >= 0.6 is 11.3 Å². The number of rotatable bonds is 6. The number of fused-ring (bicyclic) bond motifs is 1. The lowest BCUT2D eigenvalue weighted by molar-refractivity contribution is 0.0697. The van der Waals surface area contributed by atoms with E-state index in [1.165, 1.54) is 17.4 Å². The minimum atomic E-state index is -1.07. The Morgan fingerprint density at radius 1 is 1.25 bits per heavy atom. The van der Waals surface area contributed by atoms with E-state index < -0.39 is 12.1 Å². The fourth-order valence-electron chi connectivity index (χ4n) is 2.03. The molecule has 120 valence electrons. The molecular weight excluding hydrogens is 326 g/mol. The summed E-state index contributed by atoms with van der Waals surface area (Å²) in [6, 6.07) is 14.0. The second kappa shape index (κ2) is 6.97. The molecule has 0 spiro atoms. The lowest BCUT2D eigenvalue weighted by atomic mass is 10.2. The maximum absolute atomic E-state index is 11.2. The van der Waals surface area contributed by atoms with Gasteiger partial charge in [0.25, 0.3) is 0 Å². The first kappa shape index (κ1) is 15.8. The Labute approximate surface area is 141 Å². The topological polar surface area (TPSA) is 111 Å². The molecule has 3 aromatic rings. The Kier molecular flexibility index (Phi) is 4.57. The highest BCUT2D eigenvalue weighted by Gasteiger charge is 2.10. The van der Waals surface area contributed by atoms with E-state index in [0.29, 0.717) is 5.13 Å². The zero-order valence-corrected chi connectivity index (χ0v) is 13.2. The van der Waals surface area contributed by atoms with E-state index in [4.69, 9.17) is 10.5 Å². The number of para-hydroxylation sites is 1. The number of nitrogens with zero attached hydrogens (tertiary/aromatic N) is 3. The van der Waals surface area contributed by atoms with Crippen molar-refractivity contribution in [2.75, 3.05) is 5.32 Å². The Bertz CT molecular complexity index is 888. The Hall–Kier alpha value is -3.13. The van der Waals surface area contributed by atoms with Crippen LogP contribution in [0.3, 0.4) is 0 Å². The molecule has 0 radical (unpaired) electrons. The van der Waals surface area contributed by atoms with Crippen LogP contribution in [-0.2, 0) is 0 Å². The summed E-state index contributed by atoms with van der Waals surface area (Å²) in [7, 11) is 0. The number of aromatic carboxylic acids is 1. The van der Waals surface area contributed by atoms with Gasteiger partial charge in [0, 0.05) is 6.21 Å². The first-order valence-corrected chi connectivity index (χ1v) is 7.85. The van der Waals surface area contributed by atoms with Crippen molar-refractivity contribution in [1.82, 2.24) is 4.98 Å². The number of carbonyl (C=O) groups is 1. The van der Waals surface area contributed by atoms with Gasteiger partial charge in [-0.25, -0.2) is 9.78 Å². The summed E-state index contributed by atoms with van der Waals surface area (Å²) in [5.74, 6) is -1.07. The second-order valence-corrected chi connectivity index (χ2v) is 5.81. The number of carboxylic acid groups (broad SMARTS) is 1. The van der Waals surface area contributed by atoms with Crippen LogP contribution in [0.1, 0.15) is 10.4 Å². The van der Waals surface area contributed by atoms with Crippen LogP contribution < -0.4 is 5.32 Å². The molecule has 3 rings (SSSR count). The van der Waals surface area contributed by atoms with E-state index in [0.717, 1.165) is 16.4 Å². The van der Waals surface area contributed by atoms with Gasteiger partial charge in [-0.1, -0.05) is 35.6 Å². The number of thiazole rings is 1. The zero-order chi connectivity index (χ0) is 16.9. The molecule has 1 atom stereocenters. The fourth-order valence-corrected chi connectivity index (χ4v) is 2.93. The van der Waals surface area contributed by atoms with Crippen LogP contribution in [0, 0.1) is 5.41 Å². The average molecular weight is 339 g/mol. The summed E-state index contributed by atoms with van der Waals surface area (Å²) in [6.45, 7) is 0. The number of azo groups is 1. The summed E-state index contributed by atoms with van der Waals surface area (Å²) >= 11 is 1.45. The number of hydrogen-bond donors (Lipinski definition) is 3. The van der Waals surface area contributed by atoms with Crippen molar-refractivity contribution in [3.8, 4) is 0 Å². The van der Waals surface area contributed by atoms with Gasteiger partial charge in [0.05, 0.1) is 21.5 Å². The molecule has 24 heavy (non-hydrogen) atoms. The summed E-state index contributed by atoms with van der Waals surface area (Å²) in [6.07, 6.45) is 0.353. The summed E-state index contributed by atoms with van der Waals surface area (Å²) in [5.41, 5.74) is 1.16. The van der Waals surface area contributed by atoms with Crippen LogP contribution in [0.2, 0.25) is 0 Å². The van der Waals surface area contributed by atoms with Gasteiger partial charge in [0.15, 0.2) is 11.3 Å². The molecule has 2 aromatic carbocycles. The summed E-state index contributed by atoms with van der Waals surface area (Å²) < 4.78 is 1.02. The molecule has 0 aliphatic heterocycles. The molecule has 1 heterocycles. The molecule has 7 nitrogen and oxygen atoms in total. The molecule has 8 heteroatoms.